The molecular formula is C18H29NOS. The van der Waals surface area contributed by atoms with Crippen LogP contribution in [0.25, 0.3) is 0 Å². The van der Waals surface area contributed by atoms with Gasteiger partial charge in [-0.1, -0.05) is 32.8 Å². The zero-order valence-electron chi connectivity index (χ0n) is 13.4. The van der Waals surface area contributed by atoms with Crippen molar-refractivity contribution in [3.05, 3.63) is 22.4 Å². The molecule has 3 heteroatoms. The smallest absolute Gasteiger partial charge is 0.0612 e. The zero-order valence-corrected chi connectivity index (χ0v) is 14.2. The Balaban J connectivity index is 1.66. The summed E-state index contributed by atoms with van der Waals surface area (Å²) in [6.07, 6.45) is 8.39. The first-order valence-electron chi connectivity index (χ1n) is 8.65. The summed E-state index contributed by atoms with van der Waals surface area (Å²) in [6, 6.07) is 5.71. The maximum atomic E-state index is 5.93. The highest BCUT2D eigenvalue weighted by Gasteiger charge is 2.31. The van der Waals surface area contributed by atoms with Crippen LogP contribution in [-0.4, -0.2) is 18.8 Å². The van der Waals surface area contributed by atoms with Crippen LogP contribution in [0.2, 0.25) is 0 Å². The van der Waals surface area contributed by atoms with E-state index in [0.29, 0.717) is 24.1 Å². The average molecular weight is 308 g/mol. The number of nitrogens with one attached hydrogen (secondary N) is 1. The first-order chi connectivity index (χ1) is 10.2. The third-order valence-corrected chi connectivity index (χ3v) is 6.15. The molecule has 1 aliphatic carbocycles. The lowest BCUT2D eigenvalue weighted by molar-refractivity contribution is -0.0269. The van der Waals surface area contributed by atoms with E-state index in [-0.39, 0.29) is 0 Å². The standard InChI is InChI=1S/C18H29NOS/c1-13(2)16-12-15(9-10-20-16)19-18(14-6-3-4-7-14)17-8-5-11-21-17/h5,8,11,13-16,18-19H,3-4,6-7,9-10,12H2,1-2H3. The molecule has 118 valence electrons. The Kier molecular flexibility index (Phi) is 5.36. The topological polar surface area (TPSA) is 21.3 Å². The monoisotopic (exact) mass is 307 g/mol. The quantitative estimate of drug-likeness (QED) is 0.846. The van der Waals surface area contributed by atoms with Crippen molar-refractivity contribution in [2.24, 2.45) is 11.8 Å². The second-order valence-corrected chi connectivity index (χ2v) is 8.06. The van der Waals surface area contributed by atoms with Crippen LogP contribution in [0.15, 0.2) is 17.5 Å². The first-order valence-corrected chi connectivity index (χ1v) is 9.53. The van der Waals surface area contributed by atoms with Crippen molar-refractivity contribution >= 4 is 11.3 Å². The lowest BCUT2D eigenvalue weighted by atomic mass is 9.91. The zero-order chi connectivity index (χ0) is 14.7. The number of hydrogen-bond donors (Lipinski definition) is 1. The van der Waals surface area contributed by atoms with Crippen molar-refractivity contribution in [3.8, 4) is 0 Å². The van der Waals surface area contributed by atoms with Crippen LogP contribution in [0.4, 0.5) is 0 Å². The molecule has 3 unspecified atom stereocenters. The molecule has 0 spiro atoms. The summed E-state index contributed by atoms with van der Waals surface area (Å²) in [5.41, 5.74) is 0. The van der Waals surface area contributed by atoms with E-state index in [0.717, 1.165) is 18.9 Å². The van der Waals surface area contributed by atoms with E-state index in [2.05, 4.69) is 36.7 Å². The predicted octanol–water partition coefficient (Wildman–Crippen LogP) is 4.77. The molecule has 1 N–H and O–H groups in total. The van der Waals surface area contributed by atoms with E-state index in [1.54, 1.807) is 0 Å². The summed E-state index contributed by atoms with van der Waals surface area (Å²) < 4.78 is 5.93. The molecule has 0 amide bonds. The lowest BCUT2D eigenvalue weighted by Gasteiger charge is -2.36. The van der Waals surface area contributed by atoms with Gasteiger partial charge in [0.2, 0.25) is 0 Å². The molecule has 3 atom stereocenters. The van der Waals surface area contributed by atoms with Gasteiger partial charge in [0, 0.05) is 23.6 Å². The maximum Gasteiger partial charge on any atom is 0.0612 e. The molecule has 2 heterocycles. The Morgan fingerprint density at radius 2 is 2.05 bits per heavy atom. The Labute approximate surface area is 133 Å². The summed E-state index contributed by atoms with van der Waals surface area (Å²) in [7, 11) is 0. The lowest BCUT2D eigenvalue weighted by Crippen LogP contribution is -2.43. The van der Waals surface area contributed by atoms with Crippen molar-refractivity contribution < 1.29 is 4.74 Å². The minimum absolute atomic E-state index is 0.434. The fraction of sp³-hybridized carbons (Fsp3) is 0.778. The second-order valence-electron chi connectivity index (χ2n) is 7.08. The van der Waals surface area contributed by atoms with Gasteiger partial charge in [0.1, 0.15) is 0 Å². The van der Waals surface area contributed by atoms with Crippen LogP contribution in [0.5, 0.6) is 0 Å². The highest BCUT2D eigenvalue weighted by atomic mass is 32.1. The van der Waals surface area contributed by atoms with Crippen molar-refractivity contribution in [1.29, 1.82) is 0 Å². The van der Waals surface area contributed by atoms with Crippen LogP contribution in [-0.2, 0) is 4.74 Å². The number of thiophene rings is 1. The summed E-state index contributed by atoms with van der Waals surface area (Å²) >= 11 is 1.92. The Morgan fingerprint density at radius 1 is 1.24 bits per heavy atom. The Morgan fingerprint density at radius 3 is 2.71 bits per heavy atom. The average Bonchev–Trinajstić information content (AvgIpc) is 3.18. The Bertz CT molecular complexity index is 411. The molecule has 2 aliphatic rings. The van der Waals surface area contributed by atoms with Gasteiger partial charge in [-0.2, -0.15) is 0 Å². The molecule has 3 rings (SSSR count). The van der Waals surface area contributed by atoms with E-state index in [9.17, 15) is 0 Å². The van der Waals surface area contributed by atoms with Crippen LogP contribution in [0.1, 0.15) is 63.3 Å². The van der Waals surface area contributed by atoms with Crippen LogP contribution in [0.3, 0.4) is 0 Å². The van der Waals surface area contributed by atoms with Crippen LogP contribution >= 0.6 is 11.3 Å². The maximum absolute atomic E-state index is 5.93. The van der Waals surface area contributed by atoms with Gasteiger partial charge >= 0.3 is 0 Å². The van der Waals surface area contributed by atoms with Crippen molar-refractivity contribution in [1.82, 2.24) is 5.32 Å². The molecule has 1 aromatic rings. The van der Waals surface area contributed by atoms with Gasteiger partial charge in [-0.3, -0.25) is 0 Å². The van der Waals surface area contributed by atoms with E-state index in [4.69, 9.17) is 4.74 Å². The molecule has 0 aromatic carbocycles. The highest BCUT2D eigenvalue weighted by Crippen LogP contribution is 2.38. The number of ether oxygens (including phenoxy) is 1. The fourth-order valence-electron chi connectivity index (χ4n) is 3.91. The van der Waals surface area contributed by atoms with Gasteiger partial charge in [0.15, 0.2) is 0 Å². The number of rotatable bonds is 5. The summed E-state index contributed by atoms with van der Waals surface area (Å²) in [5.74, 6) is 1.46. The van der Waals surface area contributed by atoms with Gasteiger partial charge in [-0.05, 0) is 49.0 Å². The summed E-state index contributed by atoms with van der Waals surface area (Å²) in [5, 5.41) is 6.24. The molecule has 1 aromatic heterocycles. The van der Waals surface area contributed by atoms with Crippen LogP contribution < -0.4 is 5.32 Å². The van der Waals surface area contributed by atoms with E-state index >= 15 is 0 Å². The molecular weight excluding hydrogens is 278 g/mol. The minimum atomic E-state index is 0.434. The molecule has 2 fully saturated rings. The van der Waals surface area contributed by atoms with Gasteiger partial charge < -0.3 is 10.1 Å². The fourth-order valence-corrected chi connectivity index (χ4v) is 4.79. The van der Waals surface area contributed by atoms with Gasteiger partial charge in [0.05, 0.1) is 6.10 Å². The molecule has 1 saturated heterocycles. The summed E-state index contributed by atoms with van der Waals surface area (Å²) in [6.45, 7) is 5.48. The molecule has 21 heavy (non-hydrogen) atoms. The van der Waals surface area contributed by atoms with Gasteiger partial charge in [0.25, 0.3) is 0 Å². The number of hydrogen-bond acceptors (Lipinski definition) is 3. The highest BCUT2D eigenvalue weighted by molar-refractivity contribution is 7.10. The van der Waals surface area contributed by atoms with Crippen molar-refractivity contribution in [3.63, 3.8) is 0 Å². The molecule has 1 aliphatic heterocycles. The van der Waals surface area contributed by atoms with Crippen molar-refractivity contribution in [2.45, 2.75) is 70.6 Å². The second kappa shape index (κ2) is 7.26. The molecule has 0 radical (unpaired) electrons. The molecule has 1 saturated carbocycles. The SMILES string of the molecule is CC(C)C1CC(NC(c2cccs2)C2CCCC2)CCO1. The van der Waals surface area contributed by atoms with Gasteiger partial charge in [-0.25, -0.2) is 0 Å². The minimum Gasteiger partial charge on any atom is -0.378 e. The third kappa shape index (κ3) is 3.88. The van der Waals surface area contributed by atoms with Gasteiger partial charge in [-0.15, -0.1) is 11.3 Å². The largest absolute Gasteiger partial charge is 0.378 e. The van der Waals surface area contributed by atoms with Crippen molar-refractivity contribution in [2.75, 3.05) is 6.61 Å². The predicted molar refractivity (Wildman–Crippen MR) is 89.8 cm³/mol. The molecule has 0 bridgehead atoms. The normalized spacial score (nSPS) is 29.1. The Hall–Kier alpha value is -0.380. The van der Waals surface area contributed by atoms with Crippen LogP contribution in [0, 0.1) is 11.8 Å². The first kappa shape index (κ1) is 15.5. The summed E-state index contributed by atoms with van der Waals surface area (Å²) in [4.78, 5) is 1.54. The third-order valence-electron chi connectivity index (χ3n) is 5.19. The van der Waals surface area contributed by atoms with E-state index in [1.165, 1.54) is 37.0 Å². The van der Waals surface area contributed by atoms with E-state index < -0.39 is 0 Å². The molecule has 2 nitrogen and oxygen atoms in total. The van der Waals surface area contributed by atoms with E-state index in [1.807, 2.05) is 11.3 Å².